The molecule has 1 amide bonds. The van der Waals surface area contributed by atoms with Gasteiger partial charge in [0.05, 0.1) is 6.26 Å². The average Bonchev–Trinajstić information content (AvgIpc) is 3.20. The molecule has 0 spiro atoms. The van der Waals surface area contributed by atoms with E-state index in [1.807, 2.05) is 0 Å². The standard InChI is InChI=1S/C15H19N3O3/c19-13(17-11-4-1-2-5-11)10-18-8-7-16-15(18)14(20)12-6-3-9-21-12/h3,6-9,11,14,20H,1-2,4-5,10H2,(H,17,19). The van der Waals surface area contributed by atoms with Crippen LogP contribution in [0.1, 0.15) is 43.4 Å². The largest absolute Gasteiger partial charge is 0.466 e. The Hall–Kier alpha value is -2.08. The van der Waals surface area contributed by atoms with Gasteiger partial charge in [-0.3, -0.25) is 4.79 Å². The zero-order chi connectivity index (χ0) is 14.7. The number of hydrogen-bond acceptors (Lipinski definition) is 4. The molecule has 2 aromatic rings. The van der Waals surface area contributed by atoms with Crippen LogP contribution < -0.4 is 5.32 Å². The van der Waals surface area contributed by atoms with Gasteiger partial charge in [-0.1, -0.05) is 12.8 Å². The molecule has 3 rings (SSSR count). The number of amides is 1. The molecule has 1 unspecified atom stereocenters. The Morgan fingerprint density at radius 3 is 3.05 bits per heavy atom. The Balaban J connectivity index is 1.66. The summed E-state index contributed by atoms with van der Waals surface area (Å²) >= 11 is 0. The van der Waals surface area contributed by atoms with Crippen LogP contribution in [-0.2, 0) is 11.3 Å². The lowest BCUT2D eigenvalue weighted by Gasteiger charge is -2.14. The number of aliphatic hydroxyl groups is 1. The van der Waals surface area contributed by atoms with E-state index in [9.17, 15) is 9.90 Å². The number of aromatic nitrogens is 2. The van der Waals surface area contributed by atoms with Gasteiger partial charge in [-0.15, -0.1) is 0 Å². The molecular weight excluding hydrogens is 270 g/mol. The van der Waals surface area contributed by atoms with E-state index in [0.717, 1.165) is 12.8 Å². The monoisotopic (exact) mass is 289 g/mol. The SMILES string of the molecule is O=C(Cn1ccnc1C(O)c1ccco1)NC1CCCC1. The summed E-state index contributed by atoms with van der Waals surface area (Å²) in [5, 5.41) is 13.3. The lowest BCUT2D eigenvalue weighted by molar-refractivity contribution is -0.122. The van der Waals surface area contributed by atoms with Crippen molar-refractivity contribution in [2.45, 2.75) is 44.4 Å². The third-order valence-electron chi connectivity index (χ3n) is 3.84. The first kappa shape index (κ1) is 13.9. The second kappa shape index (κ2) is 6.13. The second-order valence-corrected chi connectivity index (χ2v) is 5.38. The molecule has 1 saturated carbocycles. The van der Waals surface area contributed by atoms with Crippen LogP contribution in [0.15, 0.2) is 35.2 Å². The quantitative estimate of drug-likeness (QED) is 0.876. The van der Waals surface area contributed by atoms with Crippen LogP contribution in [0.5, 0.6) is 0 Å². The molecule has 0 aliphatic heterocycles. The predicted molar refractivity (Wildman–Crippen MR) is 75.4 cm³/mol. The minimum atomic E-state index is -0.964. The number of hydrogen-bond donors (Lipinski definition) is 2. The summed E-state index contributed by atoms with van der Waals surface area (Å²) in [6.45, 7) is 0.156. The van der Waals surface area contributed by atoms with Crippen molar-refractivity contribution in [3.05, 3.63) is 42.4 Å². The van der Waals surface area contributed by atoms with E-state index in [0.29, 0.717) is 17.6 Å². The van der Waals surface area contributed by atoms with Gasteiger partial charge in [0, 0.05) is 18.4 Å². The minimum absolute atomic E-state index is 0.0483. The highest BCUT2D eigenvalue weighted by molar-refractivity contribution is 5.76. The number of imidazole rings is 1. The molecule has 6 heteroatoms. The summed E-state index contributed by atoms with van der Waals surface area (Å²) in [4.78, 5) is 16.2. The zero-order valence-corrected chi connectivity index (χ0v) is 11.7. The van der Waals surface area contributed by atoms with E-state index >= 15 is 0 Å². The van der Waals surface area contributed by atoms with Gasteiger partial charge in [-0.2, -0.15) is 0 Å². The summed E-state index contributed by atoms with van der Waals surface area (Å²) in [7, 11) is 0. The number of nitrogens with one attached hydrogen (secondary N) is 1. The number of rotatable bonds is 5. The van der Waals surface area contributed by atoms with E-state index < -0.39 is 6.10 Å². The molecule has 6 nitrogen and oxygen atoms in total. The molecule has 0 saturated heterocycles. The van der Waals surface area contributed by atoms with Gasteiger partial charge in [0.25, 0.3) is 0 Å². The van der Waals surface area contributed by atoms with E-state index in [1.54, 1.807) is 29.1 Å². The maximum absolute atomic E-state index is 12.1. The Bertz CT molecular complexity index is 585. The fraction of sp³-hybridized carbons (Fsp3) is 0.467. The second-order valence-electron chi connectivity index (χ2n) is 5.38. The Kier molecular flexibility index (Phi) is 4.06. The Morgan fingerprint density at radius 1 is 1.52 bits per heavy atom. The summed E-state index contributed by atoms with van der Waals surface area (Å²) < 4.78 is 6.83. The maximum Gasteiger partial charge on any atom is 0.240 e. The van der Waals surface area contributed by atoms with Gasteiger partial charge in [-0.25, -0.2) is 4.98 Å². The van der Waals surface area contributed by atoms with Crippen molar-refractivity contribution in [3.63, 3.8) is 0 Å². The Labute approximate surface area is 122 Å². The summed E-state index contributed by atoms with van der Waals surface area (Å²) in [5.74, 6) is 0.776. The summed E-state index contributed by atoms with van der Waals surface area (Å²) in [6.07, 6.45) is 8.26. The van der Waals surface area contributed by atoms with Crippen molar-refractivity contribution in [2.75, 3.05) is 0 Å². The normalized spacial score (nSPS) is 17.0. The molecule has 1 aliphatic carbocycles. The first-order valence-corrected chi connectivity index (χ1v) is 7.26. The lowest BCUT2D eigenvalue weighted by atomic mass is 10.2. The molecule has 2 heterocycles. The number of aliphatic hydroxyl groups excluding tert-OH is 1. The third-order valence-corrected chi connectivity index (χ3v) is 3.84. The predicted octanol–water partition coefficient (Wildman–Crippen LogP) is 1.62. The van der Waals surface area contributed by atoms with Crippen molar-refractivity contribution < 1.29 is 14.3 Å². The van der Waals surface area contributed by atoms with E-state index in [4.69, 9.17) is 4.42 Å². The number of carbonyl (C=O) groups is 1. The molecule has 2 aromatic heterocycles. The lowest BCUT2D eigenvalue weighted by Crippen LogP contribution is -2.35. The van der Waals surface area contributed by atoms with Crippen molar-refractivity contribution >= 4 is 5.91 Å². The van der Waals surface area contributed by atoms with Crippen molar-refractivity contribution in [3.8, 4) is 0 Å². The van der Waals surface area contributed by atoms with Crippen LogP contribution in [0, 0.1) is 0 Å². The molecule has 1 atom stereocenters. The molecule has 0 radical (unpaired) electrons. The highest BCUT2D eigenvalue weighted by atomic mass is 16.4. The number of furan rings is 1. The van der Waals surface area contributed by atoms with E-state index in [2.05, 4.69) is 10.3 Å². The molecule has 2 N–H and O–H groups in total. The third kappa shape index (κ3) is 3.16. The molecule has 112 valence electrons. The van der Waals surface area contributed by atoms with E-state index in [1.165, 1.54) is 19.1 Å². The minimum Gasteiger partial charge on any atom is -0.466 e. The van der Waals surface area contributed by atoms with Gasteiger partial charge < -0.3 is 19.4 Å². The topological polar surface area (TPSA) is 80.3 Å². The van der Waals surface area contributed by atoms with Gasteiger partial charge >= 0.3 is 0 Å². The highest BCUT2D eigenvalue weighted by Crippen LogP contribution is 2.21. The van der Waals surface area contributed by atoms with Crippen molar-refractivity contribution in [1.82, 2.24) is 14.9 Å². The van der Waals surface area contributed by atoms with E-state index in [-0.39, 0.29) is 12.5 Å². The fourth-order valence-electron chi connectivity index (χ4n) is 2.77. The van der Waals surface area contributed by atoms with Crippen molar-refractivity contribution in [2.24, 2.45) is 0 Å². The first-order valence-electron chi connectivity index (χ1n) is 7.26. The highest BCUT2D eigenvalue weighted by Gasteiger charge is 2.21. The van der Waals surface area contributed by atoms with Gasteiger partial charge in [0.2, 0.25) is 5.91 Å². The molecule has 1 aliphatic rings. The van der Waals surface area contributed by atoms with Crippen LogP contribution in [0.3, 0.4) is 0 Å². The summed E-state index contributed by atoms with van der Waals surface area (Å²) in [6, 6.07) is 3.68. The fourth-order valence-corrected chi connectivity index (χ4v) is 2.77. The molecule has 0 bridgehead atoms. The molecular formula is C15H19N3O3. The average molecular weight is 289 g/mol. The van der Waals surface area contributed by atoms with Crippen LogP contribution in [0.2, 0.25) is 0 Å². The van der Waals surface area contributed by atoms with Crippen molar-refractivity contribution in [1.29, 1.82) is 0 Å². The van der Waals surface area contributed by atoms with Crippen LogP contribution in [-0.4, -0.2) is 26.6 Å². The van der Waals surface area contributed by atoms with Gasteiger partial charge in [0.1, 0.15) is 18.1 Å². The Morgan fingerprint density at radius 2 is 2.33 bits per heavy atom. The van der Waals surface area contributed by atoms with Crippen LogP contribution in [0.4, 0.5) is 0 Å². The smallest absolute Gasteiger partial charge is 0.240 e. The maximum atomic E-state index is 12.1. The molecule has 21 heavy (non-hydrogen) atoms. The summed E-state index contributed by atoms with van der Waals surface area (Å²) in [5.41, 5.74) is 0. The van der Waals surface area contributed by atoms with Gasteiger partial charge in [-0.05, 0) is 25.0 Å². The van der Waals surface area contributed by atoms with Gasteiger partial charge in [0.15, 0.2) is 6.10 Å². The number of carbonyl (C=O) groups excluding carboxylic acids is 1. The number of nitrogens with zero attached hydrogens (tertiary/aromatic N) is 2. The van der Waals surface area contributed by atoms with Crippen LogP contribution in [0.25, 0.3) is 0 Å². The molecule has 0 aromatic carbocycles. The van der Waals surface area contributed by atoms with Crippen LogP contribution >= 0.6 is 0 Å². The first-order chi connectivity index (χ1) is 10.2. The molecule has 1 fully saturated rings. The zero-order valence-electron chi connectivity index (χ0n) is 11.7.